The summed E-state index contributed by atoms with van der Waals surface area (Å²) in [6.45, 7) is 0. The van der Waals surface area contributed by atoms with E-state index in [9.17, 15) is 0 Å². The maximum atomic E-state index is 5.57. The monoisotopic (exact) mass is 190 g/mol. The quantitative estimate of drug-likeness (QED) is 0.532. The number of rotatable bonds is 2. The molecule has 1 aromatic heterocycles. The molecular weight excluding hydrogens is 180 g/mol. The second-order valence-corrected chi connectivity index (χ2v) is 2.84. The molecule has 0 atom stereocenters. The van der Waals surface area contributed by atoms with Crippen molar-refractivity contribution < 1.29 is 0 Å². The Morgan fingerprint density at radius 1 is 1.29 bits per heavy atom. The van der Waals surface area contributed by atoms with E-state index in [1.54, 1.807) is 11.7 Å². The zero-order chi connectivity index (χ0) is 9.97. The predicted octanol–water partition coefficient (Wildman–Crippen LogP) is -0.0278. The highest BCUT2D eigenvalue weighted by atomic mass is 15.6. The molecule has 1 heterocycles. The Balaban J connectivity index is 2.47. The minimum absolute atomic E-state index is 0.496. The molecule has 6 heteroatoms. The lowest BCUT2D eigenvalue weighted by molar-refractivity contribution is 0.779. The van der Waals surface area contributed by atoms with E-state index in [1.807, 2.05) is 30.3 Å². The van der Waals surface area contributed by atoms with Gasteiger partial charge in [0.2, 0.25) is 0 Å². The van der Waals surface area contributed by atoms with Gasteiger partial charge in [0.25, 0.3) is 5.95 Å². The summed E-state index contributed by atoms with van der Waals surface area (Å²) in [6.07, 6.45) is 0. The van der Waals surface area contributed by atoms with E-state index in [1.165, 1.54) is 5.01 Å². The van der Waals surface area contributed by atoms with Gasteiger partial charge in [0.1, 0.15) is 0 Å². The zero-order valence-corrected chi connectivity index (χ0v) is 7.70. The zero-order valence-electron chi connectivity index (χ0n) is 7.70. The largest absolute Gasteiger partial charge is 0.280 e. The van der Waals surface area contributed by atoms with Crippen molar-refractivity contribution in [1.29, 1.82) is 0 Å². The minimum Gasteiger partial charge on any atom is -0.280 e. The summed E-state index contributed by atoms with van der Waals surface area (Å²) in [7, 11) is 1.69. The smallest absolute Gasteiger partial charge is 0.264 e. The van der Waals surface area contributed by atoms with Crippen LogP contribution >= 0.6 is 0 Å². The van der Waals surface area contributed by atoms with Crippen LogP contribution in [0, 0.1) is 0 Å². The molecule has 0 saturated heterocycles. The van der Waals surface area contributed by atoms with Crippen molar-refractivity contribution in [3.8, 4) is 5.69 Å². The van der Waals surface area contributed by atoms with Crippen LogP contribution in [0.4, 0.5) is 5.95 Å². The number of hydrazine groups is 1. The van der Waals surface area contributed by atoms with Crippen molar-refractivity contribution in [3.05, 3.63) is 30.3 Å². The highest BCUT2D eigenvalue weighted by Gasteiger charge is 2.08. The number of aromatic nitrogens is 4. The van der Waals surface area contributed by atoms with Gasteiger partial charge in [-0.1, -0.05) is 23.3 Å². The Morgan fingerprint density at radius 2 is 2.00 bits per heavy atom. The Bertz CT molecular complexity index is 407. The van der Waals surface area contributed by atoms with Crippen LogP contribution in [0.1, 0.15) is 0 Å². The third-order valence-electron chi connectivity index (χ3n) is 1.77. The van der Waals surface area contributed by atoms with Crippen LogP contribution in [0.3, 0.4) is 0 Å². The molecule has 0 fully saturated rings. The molecule has 0 bridgehead atoms. The van der Waals surface area contributed by atoms with Crippen molar-refractivity contribution in [3.63, 3.8) is 0 Å². The lowest BCUT2D eigenvalue weighted by Crippen LogP contribution is -2.28. The molecule has 0 spiro atoms. The second kappa shape index (κ2) is 3.43. The van der Waals surface area contributed by atoms with Gasteiger partial charge in [0.05, 0.1) is 5.69 Å². The van der Waals surface area contributed by atoms with Crippen molar-refractivity contribution >= 4 is 5.95 Å². The van der Waals surface area contributed by atoms with Gasteiger partial charge in [-0.2, -0.15) is 4.68 Å². The molecular formula is C8H10N6. The first kappa shape index (κ1) is 8.64. The first-order chi connectivity index (χ1) is 6.79. The van der Waals surface area contributed by atoms with Gasteiger partial charge < -0.3 is 0 Å². The van der Waals surface area contributed by atoms with Crippen LogP contribution in [-0.2, 0) is 0 Å². The molecule has 14 heavy (non-hydrogen) atoms. The van der Waals surface area contributed by atoms with Gasteiger partial charge in [-0.15, -0.1) is 0 Å². The van der Waals surface area contributed by atoms with Crippen LogP contribution in [0.25, 0.3) is 5.69 Å². The van der Waals surface area contributed by atoms with Crippen LogP contribution in [0.5, 0.6) is 0 Å². The third-order valence-corrected chi connectivity index (χ3v) is 1.77. The number of tetrazole rings is 1. The number of nitrogens with two attached hydrogens (primary N) is 1. The summed E-state index contributed by atoms with van der Waals surface area (Å²) in [4.78, 5) is 0. The van der Waals surface area contributed by atoms with Crippen LogP contribution in [0.15, 0.2) is 30.3 Å². The topological polar surface area (TPSA) is 72.9 Å². The van der Waals surface area contributed by atoms with Crippen LogP contribution in [0.2, 0.25) is 0 Å². The number of para-hydroxylation sites is 1. The van der Waals surface area contributed by atoms with E-state index in [0.29, 0.717) is 5.95 Å². The molecule has 2 rings (SSSR count). The van der Waals surface area contributed by atoms with Gasteiger partial charge in [-0.25, -0.2) is 5.84 Å². The molecule has 6 nitrogen and oxygen atoms in total. The molecule has 0 aliphatic heterocycles. The number of hydrogen-bond donors (Lipinski definition) is 1. The maximum Gasteiger partial charge on any atom is 0.264 e. The van der Waals surface area contributed by atoms with Gasteiger partial charge in [-0.05, 0) is 22.6 Å². The summed E-state index contributed by atoms with van der Waals surface area (Å²) in [6, 6.07) is 9.57. The Kier molecular flexibility index (Phi) is 2.11. The lowest BCUT2D eigenvalue weighted by Gasteiger charge is -2.10. The molecule has 0 amide bonds. The SMILES string of the molecule is CN(N)c1nnnn1-c1ccccc1. The number of benzene rings is 1. The van der Waals surface area contributed by atoms with Gasteiger partial charge >= 0.3 is 0 Å². The lowest BCUT2D eigenvalue weighted by atomic mass is 10.3. The molecule has 1 aromatic carbocycles. The fourth-order valence-electron chi connectivity index (χ4n) is 1.14. The van der Waals surface area contributed by atoms with E-state index in [4.69, 9.17) is 5.84 Å². The summed E-state index contributed by atoms with van der Waals surface area (Å²) < 4.78 is 1.57. The molecule has 0 unspecified atom stereocenters. The summed E-state index contributed by atoms with van der Waals surface area (Å²) in [5, 5.41) is 12.6. The standard InChI is InChI=1S/C8H10N6/c1-13(9)8-10-11-12-14(8)7-5-3-2-4-6-7/h2-6H,9H2,1H3. The first-order valence-corrected chi connectivity index (χ1v) is 4.11. The molecule has 0 radical (unpaired) electrons. The predicted molar refractivity (Wildman–Crippen MR) is 51.7 cm³/mol. The van der Waals surface area contributed by atoms with E-state index in [0.717, 1.165) is 5.69 Å². The van der Waals surface area contributed by atoms with Gasteiger partial charge in [0.15, 0.2) is 0 Å². The van der Waals surface area contributed by atoms with Crippen molar-refractivity contribution in [2.24, 2.45) is 5.84 Å². The number of nitrogens with zero attached hydrogens (tertiary/aromatic N) is 5. The van der Waals surface area contributed by atoms with E-state index in [-0.39, 0.29) is 0 Å². The summed E-state index contributed by atoms with van der Waals surface area (Å²) in [5.41, 5.74) is 0.879. The number of anilines is 1. The van der Waals surface area contributed by atoms with E-state index < -0.39 is 0 Å². The van der Waals surface area contributed by atoms with Crippen LogP contribution in [-0.4, -0.2) is 27.3 Å². The average Bonchev–Trinajstić information content (AvgIpc) is 2.67. The molecule has 0 aliphatic carbocycles. The fraction of sp³-hybridized carbons (Fsp3) is 0.125. The van der Waals surface area contributed by atoms with Crippen LogP contribution < -0.4 is 10.9 Å². The molecule has 2 N–H and O–H groups in total. The molecule has 72 valence electrons. The first-order valence-electron chi connectivity index (χ1n) is 4.11. The normalized spacial score (nSPS) is 10.1. The Morgan fingerprint density at radius 3 is 2.64 bits per heavy atom. The Labute approximate surface area is 80.9 Å². The van der Waals surface area contributed by atoms with E-state index >= 15 is 0 Å². The third kappa shape index (κ3) is 1.42. The van der Waals surface area contributed by atoms with Gasteiger partial charge in [-0.3, -0.25) is 5.01 Å². The number of hydrogen-bond acceptors (Lipinski definition) is 5. The second-order valence-electron chi connectivity index (χ2n) is 2.84. The summed E-state index contributed by atoms with van der Waals surface area (Å²) >= 11 is 0. The van der Waals surface area contributed by atoms with Crippen molar-refractivity contribution in [2.75, 3.05) is 12.1 Å². The maximum absolute atomic E-state index is 5.57. The van der Waals surface area contributed by atoms with Crippen molar-refractivity contribution in [1.82, 2.24) is 20.2 Å². The van der Waals surface area contributed by atoms with Gasteiger partial charge in [0, 0.05) is 7.05 Å². The highest BCUT2D eigenvalue weighted by molar-refractivity contribution is 5.38. The van der Waals surface area contributed by atoms with E-state index in [2.05, 4.69) is 15.5 Å². The highest BCUT2D eigenvalue weighted by Crippen LogP contribution is 2.11. The minimum atomic E-state index is 0.496. The average molecular weight is 190 g/mol. The summed E-state index contributed by atoms with van der Waals surface area (Å²) in [5.74, 6) is 6.06. The fourth-order valence-corrected chi connectivity index (χ4v) is 1.14. The molecule has 0 saturated carbocycles. The molecule has 0 aliphatic rings. The Hall–Kier alpha value is -1.95. The molecule has 2 aromatic rings. The van der Waals surface area contributed by atoms with Crippen molar-refractivity contribution in [2.45, 2.75) is 0 Å².